The van der Waals surface area contributed by atoms with E-state index in [1.54, 1.807) is 24.3 Å². The molecule has 0 unspecified atom stereocenters. The zero-order valence-corrected chi connectivity index (χ0v) is 14.6. The van der Waals surface area contributed by atoms with Gasteiger partial charge in [-0.05, 0) is 42.3 Å². The van der Waals surface area contributed by atoms with Gasteiger partial charge in [0.25, 0.3) is 5.91 Å². The Bertz CT molecular complexity index is 908. The lowest BCUT2D eigenvalue weighted by Crippen LogP contribution is -2.31. The summed E-state index contributed by atoms with van der Waals surface area (Å²) in [5.41, 5.74) is 0.328. The minimum Gasteiger partial charge on any atom is -0.502 e. The summed E-state index contributed by atoms with van der Waals surface area (Å²) < 4.78 is 18.8. The number of carbonyl (C=O) groups excluding carboxylic acids is 2. The highest BCUT2D eigenvalue weighted by atomic mass is 35.5. The van der Waals surface area contributed by atoms with Gasteiger partial charge in [0.2, 0.25) is 0 Å². The van der Waals surface area contributed by atoms with E-state index >= 15 is 0 Å². The third kappa shape index (κ3) is 3.15. The molecular formula is C19H15ClFNO4. The number of amides is 2. The van der Waals surface area contributed by atoms with Gasteiger partial charge in [0.15, 0.2) is 5.76 Å². The van der Waals surface area contributed by atoms with Gasteiger partial charge < -0.3 is 9.84 Å². The Balaban J connectivity index is 1.92. The Morgan fingerprint density at radius 1 is 1.12 bits per heavy atom. The van der Waals surface area contributed by atoms with Crippen molar-refractivity contribution in [3.05, 3.63) is 64.6 Å². The Labute approximate surface area is 154 Å². The summed E-state index contributed by atoms with van der Waals surface area (Å²) in [4.78, 5) is 25.8. The van der Waals surface area contributed by atoms with Crippen LogP contribution in [0.4, 0.5) is 10.1 Å². The van der Waals surface area contributed by atoms with E-state index < -0.39 is 23.4 Å². The zero-order valence-electron chi connectivity index (χ0n) is 13.8. The monoisotopic (exact) mass is 375 g/mol. The first-order valence-corrected chi connectivity index (χ1v) is 8.32. The van der Waals surface area contributed by atoms with Crippen molar-refractivity contribution < 1.29 is 23.8 Å². The van der Waals surface area contributed by atoms with Crippen molar-refractivity contribution in [1.29, 1.82) is 0 Å². The molecule has 0 fully saturated rings. The summed E-state index contributed by atoms with van der Waals surface area (Å²) >= 11 is 5.72. The third-order valence-corrected chi connectivity index (χ3v) is 4.13. The van der Waals surface area contributed by atoms with Gasteiger partial charge >= 0.3 is 5.91 Å². The Morgan fingerprint density at radius 2 is 1.81 bits per heavy atom. The third-order valence-electron chi connectivity index (χ3n) is 3.84. The number of anilines is 1. The second kappa shape index (κ2) is 7.17. The number of halogens is 2. The van der Waals surface area contributed by atoms with E-state index in [4.69, 9.17) is 16.3 Å². The molecule has 1 N–H and O–H groups in total. The maximum atomic E-state index is 13.3. The number of aliphatic hydroxyl groups is 1. The first-order chi connectivity index (χ1) is 12.4. The van der Waals surface area contributed by atoms with Gasteiger partial charge in [-0.1, -0.05) is 30.7 Å². The molecule has 0 saturated heterocycles. The summed E-state index contributed by atoms with van der Waals surface area (Å²) in [7, 11) is 0. The highest BCUT2D eigenvalue weighted by molar-refractivity contribution is 6.45. The number of carbonyl (C=O) groups is 2. The average Bonchev–Trinajstić information content (AvgIpc) is 2.85. The van der Waals surface area contributed by atoms with Crippen molar-refractivity contribution in [2.75, 3.05) is 11.5 Å². The minimum absolute atomic E-state index is 0.0795. The van der Waals surface area contributed by atoms with E-state index in [9.17, 15) is 19.1 Å². The first-order valence-electron chi connectivity index (χ1n) is 7.94. The van der Waals surface area contributed by atoms with Crippen molar-refractivity contribution in [3.8, 4) is 5.75 Å². The number of benzene rings is 2. The molecule has 1 aliphatic heterocycles. The van der Waals surface area contributed by atoms with E-state index in [-0.39, 0.29) is 16.3 Å². The Kier molecular flexibility index (Phi) is 4.95. The standard InChI is InChI=1S/C19H15ClFNO4/c1-2-9-26-13-6-3-11(4-7-13)16-17(23)19(25)22(18(16)24)12-5-8-15(21)14(20)10-12/h3-8,10,23H,2,9H2,1H3. The fourth-order valence-corrected chi connectivity index (χ4v) is 2.75. The summed E-state index contributed by atoms with van der Waals surface area (Å²) in [5.74, 6) is -2.32. The normalized spacial score (nSPS) is 14.3. The van der Waals surface area contributed by atoms with Crippen LogP contribution in [0.25, 0.3) is 5.57 Å². The Morgan fingerprint density at radius 3 is 2.42 bits per heavy atom. The summed E-state index contributed by atoms with van der Waals surface area (Å²) in [5, 5.41) is 9.95. The van der Waals surface area contributed by atoms with E-state index in [1.807, 2.05) is 6.92 Å². The number of hydrogen-bond acceptors (Lipinski definition) is 4. The number of aliphatic hydroxyl groups excluding tert-OH is 1. The van der Waals surface area contributed by atoms with E-state index in [0.717, 1.165) is 23.5 Å². The molecule has 0 bridgehead atoms. The molecule has 134 valence electrons. The molecule has 26 heavy (non-hydrogen) atoms. The number of imide groups is 1. The number of ether oxygens (including phenoxy) is 1. The number of hydrogen-bond donors (Lipinski definition) is 1. The predicted octanol–water partition coefficient (Wildman–Crippen LogP) is 4.11. The average molecular weight is 376 g/mol. The van der Waals surface area contributed by atoms with E-state index in [2.05, 4.69) is 0 Å². The number of nitrogens with zero attached hydrogens (tertiary/aromatic N) is 1. The second-order valence-electron chi connectivity index (χ2n) is 5.64. The van der Waals surface area contributed by atoms with Crippen LogP contribution in [0.5, 0.6) is 5.75 Å². The van der Waals surface area contributed by atoms with Gasteiger partial charge in [-0.2, -0.15) is 0 Å². The lowest BCUT2D eigenvalue weighted by Gasteiger charge is -2.15. The van der Waals surface area contributed by atoms with Crippen LogP contribution in [0.1, 0.15) is 18.9 Å². The second-order valence-corrected chi connectivity index (χ2v) is 6.05. The molecule has 2 aromatic rings. The highest BCUT2D eigenvalue weighted by Gasteiger charge is 2.40. The van der Waals surface area contributed by atoms with Crippen molar-refractivity contribution in [3.63, 3.8) is 0 Å². The molecule has 1 aliphatic rings. The van der Waals surface area contributed by atoms with Gasteiger partial charge in [0.05, 0.1) is 22.9 Å². The summed E-state index contributed by atoms with van der Waals surface area (Å²) in [6.07, 6.45) is 0.857. The molecular weight excluding hydrogens is 361 g/mol. The Hall–Kier alpha value is -2.86. The minimum atomic E-state index is -0.890. The quantitative estimate of drug-likeness (QED) is 0.798. The maximum absolute atomic E-state index is 13.3. The van der Waals surface area contributed by atoms with Gasteiger partial charge in [-0.15, -0.1) is 0 Å². The van der Waals surface area contributed by atoms with Gasteiger partial charge in [0, 0.05) is 0 Å². The van der Waals surface area contributed by atoms with Crippen LogP contribution >= 0.6 is 11.6 Å². The van der Waals surface area contributed by atoms with Gasteiger partial charge in [0.1, 0.15) is 11.6 Å². The first kappa shape index (κ1) is 17.9. The maximum Gasteiger partial charge on any atom is 0.301 e. The van der Waals surface area contributed by atoms with Crippen molar-refractivity contribution in [1.82, 2.24) is 0 Å². The molecule has 0 saturated carbocycles. The van der Waals surface area contributed by atoms with Crippen LogP contribution in [0.15, 0.2) is 48.2 Å². The van der Waals surface area contributed by atoms with Crippen LogP contribution in [-0.2, 0) is 9.59 Å². The van der Waals surface area contributed by atoms with Gasteiger partial charge in [-0.3, -0.25) is 9.59 Å². The van der Waals surface area contributed by atoms with Crippen molar-refractivity contribution >= 4 is 34.7 Å². The number of rotatable bonds is 5. The SMILES string of the molecule is CCCOc1ccc(C2=C(O)C(=O)N(c3ccc(F)c(Cl)c3)C2=O)cc1. The zero-order chi connectivity index (χ0) is 18.8. The summed E-state index contributed by atoms with van der Waals surface area (Å²) in [6.45, 7) is 2.54. The molecule has 0 atom stereocenters. The van der Waals surface area contributed by atoms with E-state index in [0.29, 0.717) is 17.9 Å². The molecule has 5 nitrogen and oxygen atoms in total. The van der Waals surface area contributed by atoms with Crippen LogP contribution in [0.3, 0.4) is 0 Å². The van der Waals surface area contributed by atoms with Crippen LogP contribution < -0.4 is 9.64 Å². The fraction of sp³-hybridized carbons (Fsp3) is 0.158. The largest absolute Gasteiger partial charge is 0.502 e. The van der Waals surface area contributed by atoms with Crippen LogP contribution in [0.2, 0.25) is 5.02 Å². The van der Waals surface area contributed by atoms with Crippen molar-refractivity contribution in [2.45, 2.75) is 13.3 Å². The lowest BCUT2D eigenvalue weighted by molar-refractivity contribution is -0.121. The molecule has 0 aliphatic carbocycles. The molecule has 2 aromatic carbocycles. The molecule has 0 aromatic heterocycles. The summed E-state index contributed by atoms with van der Waals surface area (Å²) in [6, 6.07) is 9.93. The lowest BCUT2D eigenvalue weighted by atomic mass is 10.1. The topological polar surface area (TPSA) is 66.8 Å². The van der Waals surface area contributed by atoms with Gasteiger partial charge in [-0.25, -0.2) is 9.29 Å². The van der Waals surface area contributed by atoms with Crippen molar-refractivity contribution in [2.24, 2.45) is 0 Å². The molecule has 0 radical (unpaired) electrons. The highest BCUT2D eigenvalue weighted by Crippen LogP contribution is 2.33. The molecule has 2 amide bonds. The van der Waals surface area contributed by atoms with Crippen LogP contribution in [0, 0.1) is 5.82 Å². The predicted molar refractivity (Wildman–Crippen MR) is 95.7 cm³/mol. The molecule has 7 heteroatoms. The molecule has 0 spiro atoms. The smallest absolute Gasteiger partial charge is 0.301 e. The van der Waals surface area contributed by atoms with E-state index in [1.165, 1.54) is 6.07 Å². The van der Waals surface area contributed by atoms with Crippen LogP contribution in [-0.4, -0.2) is 23.5 Å². The molecule has 1 heterocycles. The molecule has 3 rings (SSSR count). The fourth-order valence-electron chi connectivity index (χ4n) is 2.57.